The number of ether oxygens (including phenoxy) is 1. The lowest BCUT2D eigenvalue weighted by atomic mass is 10.1. The van der Waals surface area contributed by atoms with E-state index < -0.39 is 0 Å². The van der Waals surface area contributed by atoms with E-state index >= 15 is 0 Å². The van der Waals surface area contributed by atoms with Gasteiger partial charge in [-0.1, -0.05) is 17.7 Å². The highest BCUT2D eigenvalue weighted by Crippen LogP contribution is 2.25. The van der Waals surface area contributed by atoms with E-state index in [1.807, 2.05) is 0 Å². The molecule has 2 heterocycles. The summed E-state index contributed by atoms with van der Waals surface area (Å²) in [5.74, 6) is -0.438. The summed E-state index contributed by atoms with van der Waals surface area (Å²) in [4.78, 5) is 14.0. The molecular weight excluding hydrogens is 295 g/mol. The Bertz CT molecular complexity index is 567. The van der Waals surface area contributed by atoms with Crippen LogP contribution in [0.4, 0.5) is 4.39 Å². The summed E-state index contributed by atoms with van der Waals surface area (Å²) >= 11 is 6.14. The molecule has 4 nitrogen and oxygen atoms in total. The van der Waals surface area contributed by atoms with Gasteiger partial charge in [-0.3, -0.25) is 9.69 Å². The molecule has 0 radical (unpaired) electrons. The average Bonchev–Trinajstić information content (AvgIpc) is 2.68. The Balaban J connectivity index is 1.82. The second-order valence-corrected chi connectivity index (χ2v) is 6.20. The number of hydrogen-bond acceptors (Lipinski definition) is 3. The van der Waals surface area contributed by atoms with Crippen LogP contribution in [0.5, 0.6) is 0 Å². The lowest BCUT2D eigenvalue weighted by molar-refractivity contribution is -0.125. The summed E-state index contributed by atoms with van der Waals surface area (Å²) in [6, 6.07) is 3.36. The van der Waals surface area contributed by atoms with Gasteiger partial charge in [-0.05, 0) is 18.6 Å². The molecule has 2 aliphatic heterocycles. The molecule has 0 aliphatic carbocycles. The Labute approximate surface area is 128 Å². The maximum atomic E-state index is 14.3. The van der Waals surface area contributed by atoms with Gasteiger partial charge >= 0.3 is 0 Å². The number of carbonyl (C=O) groups excluding carboxylic acids is 1. The van der Waals surface area contributed by atoms with Crippen LogP contribution >= 0.6 is 11.6 Å². The number of aryl methyl sites for hydroxylation is 1. The van der Waals surface area contributed by atoms with Crippen molar-refractivity contribution in [2.45, 2.75) is 19.5 Å². The van der Waals surface area contributed by atoms with Crippen LogP contribution in [0.1, 0.15) is 11.1 Å². The molecule has 2 saturated heterocycles. The molecule has 0 spiro atoms. The summed E-state index contributed by atoms with van der Waals surface area (Å²) < 4.78 is 19.8. The first-order valence-corrected chi connectivity index (χ1v) is 7.46. The fraction of sp³-hybridized carbons (Fsp3) is 0.533. The van der Waals surface area contributed by atoms with Crippen LogP contribution in [0.2, 0.25) is 5.02 Å². The number of hydrogen-bond donors (Lipinski definition) is 1. The molecule has 21 heavy (non-hydrogen) atoms. The van der Waals surface area contributed by atoms with E-state index in [9.17, 15) is 9.18 Å². The van der Waals surface area contributed by atoms with Gasteiger partial charge in [0.25, 0.3) is 0 Å². The maximum Gasteiger partial charge on any atom is 0.227 e. The van der Waals surface area contributed by atoms with Crippen molar-refractivity contribution in [3.8, 4) is 0 Å². The number of nitrogens with zero attached hydrogens (tertiary/aromatic N) is 1. The van der Waals surface area contributed by atoms with E-state index in [0.29, 0.717) is 49.0 Å². The molecule has 1 N–H and O–H groups in total. The third-order valence-corrected chi connectivity index (χ3v) is 4.43. The van der Waals surface area contributed by atoms with E-state index in [1.54, 1.807) is 19.1 Å². The molecule has 1 aromatic carbocycles. The number of benzene rings is 1. The molecule has 2 fully saturated rings. The molecule has 114 valence electrons. The van der Waals surface area contributed by atoms with Gasteiger partial charge in [-0.2, -0.15) is 0 Å². The van der Waals surface area contributed by atoms with Gasteiger partial charge in [0.15, 0.2) is 0 Å². The second kappa shape index (κ2) is 5.91. The van der Waals surface area contributed by atoms with Gasteiger partial charge in [-0.15, -0.1) is 0 Å². The standard InChI is InChI=1S/C15H18ClFN2O2/c1-9-2-3-13(16)12(14(9)17)6-19-4-10-7-21-8-11(5-19)18-15(10)20/h2-3,10-11H,4-8H2,1H3,(H,18,20)/t10-,11+/m1/s1. The first kappa shape index (κ1) is 14.8. The van der Waals surface area contributed by atoms with Gasteiger partial charge in [0.1, 0.15) is 5.82 Å². The number of halogens is 2. The van der Waals surface area contributed by atoms with Crippen LogP contribution in [0, 0.1) is 18.7 Å². The highest BCUT2D eigenvalue weighted by molar-refractivity contribution is 6.31. The van der Waals surface area contributed by atoms with Gasteiger partial charge in [0, 0.05) is 30.2 Å². The van der Waals surface area contributed by atoms with Crippen molar-refractivity contribution in [2.75, 3.05) is 26.3 Å². The van der Waals surface area contributed by atoms with Gasteiger partial charge < -0.3 is 10.1 Å². The van der Waals surface area contributed by atoms with Crippen molar-refractivity contribution < 1.29 is 13.9 Å². The monoisotopic (exact) mass is 312 g/mol. The molecule has 1 amide bonds. The summed E-state index contributed by atoms with van der Waals surface area (Å²) in [5, 5.41) is 3.40. The van der Waals surface area contributed by atoms with Crippen LogP contribution in [0.25, 0.3) is 0 Å². The van der Waals surface area contributed by atoms with Crippen LogP contribution < -0.4 is 5.32 Å². The zero-order chi connectivity index (χ0) is 15.0. The minimum Gasteiger partial charge on any atom is -0.378 e. The summed E-state index contributed by atoms with van der Waals surface area (Å²) in [6.07, 6.45) is 0. The lowest BCUT2D eigenvalue weighted by Crippen LogP contribution is -2.41. The molecule has 2 aliphatic rings. The summed E-state index contributed by atoms with van der Waals surface area (Å²) in [7, 11) is 0. The van der Waals surface area contributed by atoms with E-state index in [1.165, 1.54) is 0 Å². The largest absolute Gasteiger partial charge is 0.378 e. The lowest BCUT2D eigenvalue weighted by Gasteiger charge is -2.28. The van der Waals surface area contributed by atoms with Gasteiger partial charge in [0.05, 0.1) is 25.2 Å². The number of amides is 1. The second-order valence-electron chi connectivity index (χ2n) is 5.79. The number of carbonyl (C=O) groups is 1. The van der Waals surface area contributed by atoms with Crippen molar-refractivity contribution in [1.29, 1.82) is 0 Å². The predicted octanol–water partition coefficient (Wildman–Crippen LogP) is 1.73. The summed E-state index contributed by atoms with van der Waals surface area (Å²) in [6.45, 7) is 4.27. The van der Waals surface area contributed by atoms with Crippen molar-refractivity contribution in [1.82, 2.24) is 10.2 Å². The molecule has 0 unspecified atom stereocenters. The SMILES string of the molecule is Cc1ccc(Cl)c(CN2C[C@H]3COC[C@@H](C2)C(=O)N3)c1F. The highest BCUT2D eigenvalue weighted by atomic mass is 35.5. The van der Waals surface area contributed by atoms with Crippen molar-refractivity contribution in [3.63, 3.8) is 0 Å². The minimum atomic E-state index is -0.257. The Hall–Kier alpha value is -1.17. The molecule has 6 heteroatoms. The molecule has 2 bridgehead atoms. The van der Waals surface area contributed by atoms with E-state index in [0.717, 1.165) is 0 Å². The molecule has 3 rings (SSSR count). The first-order valence-electron chi connectivity index (χ1n) is 7.08. The highest BCUT2D eigenvalue weighted by Gasteiger charge is 2.33. The molecular formula is C15H18ClFN2O2. The molecule has 1 aromatic rings. The van der Waals surface area contributed by atoms with E-state index in [-0.39, 0.29) is 23.7 Å². The van der Waals surface area contributed by atoms with Crippen LogP contribution in [0.3, 0.4) is 0 Å². The number of fused-ring (bicyclic) bond motifs is 3. The van der Waals surface area contributed by atoms with Crippen molar-refractivity contribution >= 4 is 17.5 Å². The third-order valence-electron chi connectivity index (χ3n) is 4.07. The Morgan fingerprint density at radius 3 is 3.05 bits per heavy atom. The quantitative estimate of drug-likeness (QED) is 0.904. The van der Waals surface area contributed by atoms with E-state index in [4.69, 9.17) is 16.3 Å². The van der Waals surface area contributed by atoms with Crippen LogP contribution in [-0.4, -0.2) is 43.2 Å². The Morgan fingerprint density at radius 2 is 2.24 bits per heavy atom. The van der Waals surface area contributed by atoms with Crippen molar-refractivity contribution in [2.24, 2.45) is 5.92 Å². The normalized spacial score (nSPS) is 26.3. The minimum absolute atomic E-state index is 0.0239. The zero-order valence-electron chi connectivity index (χ0n) is 11.9. The first-order chi connectivity index (χ1) is 10.0. The Kier molecular flexibility index (Phi) is 4.15. The predicted molar refractivity (Wildman–Crippen MR) is 77.7 cm³/mol. The number of rotatable bonds is 2. The van der Waals surface area contributed by atoms with Gasteiger partial charge in [-0.25, -0.2) is 4.39 Å². The fourth-order valence-electron chi connectivity index (χ4n) is 2.93. The molecule has 0 saturated carbocycles. The topological polar surface area (TPSA) is 41.6 Å². The third kappa shape index (κ3) is 3.05. The van der Waals surface area contributed by atoms with E-state index in [2.05, 4.69) is 10.2 Å². The van der Waals surface area contributed by atoms with Crippen molar-refractivity contribution in [3.05, 3.63) is 34.1 Å². The van der Waals surface area contributed by atoms with Crippen LogP contribution in [0.15, 0.2) is 12.1 Å². The molecule has 2 atom stereocenters. The molecule has 0 aromatic heterocycles. The van der Waals surface area contributed by atoms with Gasteiger partial charge in [0.2, 0.25) is 5.91 Å². The Morgan fingerprint density at radius 1 is 1.43 bits per heavy atom. The fourth-order valence-corrected chi connectivity index (χ4v) is 3.14. The maximum absolute atomic E-state index is 14.3. The summed E-state index contributed by atoms with van der Waals surface area (Å²) in [5.41, 5.74) is 1.09. The van der Waals surface area contributed by atoms with Crippen LogP contribution in [-0.2, 0) is 16.1 Å². The number of nitrogens with one attached hydrogen (secondary N) is 1. The average molecular weight is 313 g/mol. The smallest absolute Gasteiger partial charge is 0.227 e. The zero-order valence-corrected chi connectivity index (χ0v) is 12.6.